The van der Waals surface area contributed by atoms with Crippen molar-refractivity contribution in [3.63, 3.8) is 0 Å². The fourth-order valence-electron chi connectivity index (χ4n) is 2.95. The Balaban J connectivity index is 1.73. The van der Waals surface area contributed by atoms with E-state index in [4.69, 9.17) is 21.4 Å². The van der Waals surface area contributed by atoms with Gasteiger partial charge in [-0.25, -0.2) is 17.9 Å². The average Bonchev–Trinajstić information content (AvgIpc) is 2.77. The Labute approximate surface area is 185 Å². The van der Waals surface area contributed by atoms with Crippen LogP contribution in [-0.4, -0.2) is 31.1 Å². The van der Waals surface area contributed by atoms with Crippen LogP contribution in [0.25, 0.3) is 0 Å². The lowest BCUT2D eigenvalue weighted by molar-refractivity contribution is -0.139. The van der Waals surface area contributed by atoms with Crippen molar-refractivity contribution in [3.8, 4) is 5.75 Å². The number of carbonyl (C=O) groups is 1. The molecule has 0 spiro atoms. The number of aliphatic carboxylic acids is 1. The molecule has 1 heterocycles. The smallest absolute Gasteiger partial charge is 0.341 e. The van der Waals surface area contributed by atoms with Crippen molar-refractivity contribution in [3.05, 3.63) is 89.2 Å². The van der Waals surface area contributed by atoms with E-state index in [-0.39, 0.29) is 4.90 Å². The zero-order chi connectivity index (χ0) is 22.3. The number of ether oxygens (including phenoxy) is 1. The van der Waals surface area contributed by atoms with E-state index in [2.05, 4.69) is 9.71 Å². The Kier molecular flexibility index (Phi) is 7.62. The molecule has 0 amide bonds. The molecule has 1 aromatic heterocycles. The highest BCUT2D eigenvalue weighted by molar-refractivity contribution is 7.89. The van der Waals surface area contributed by atoms with E-state index in [1.54, 1.807) is 30.6 Å². The minimum absolute atomic E-state index is 0.130. The fraction of sp³-hybridized carbons (Fsp3) is 0.182. The summed E-state index contributed by atoms with van der Waals surface area (Å²) in [4.78, 5) is 14.8. The quantitative estimate of drug-likeness (QED) is 0.476. The monoisotopic (exact) mass is 460 g/mol. The average molecular weight is 461 g/mol. The van der Waals surface area contributed by atoms with Crippen molar-refractivity contribution in [2.24, 2.45) is 0 Å². The van der Waals surface area contributed by atoms with Crippen molar-refractivity contribution in [2.45, 2.75) is 23.8 Å². The number of rotatable bonds is 10. The van der Waals surface area contributed by atoms with Crippen molar-refractivity contribution in [2.75, 3.05) is 6.61 Å². The standard InChI is InChI=1S/C22H21ClN2O5S/c23-18-6-10-20(11-7-18)31(28,29)25-21(17-2-1-13-24-14-17)12-5-16-3-8-19(9-4-16)30-15-22(26)27/h1-4,6-11,13-14,21,25H,5,12,15H2,(H,26,27). The van der Waals surface area contributed by atoms with Crippen molar-refractivity contribution in [1.82, 2.24) is 9.71 Å². The van der Waals surface area contributed by atoms with Crippen LogP contribution >= 0.6 is 11.6 Å². The summed E-state index contributed by atoms with van der Waals surface area (Å²) < 4.78 is 33.6. The first-order valence-electron chi connectivity index (χ1n) is 9.45. The summed E-state index contributed by atoms with van der Waals surface area (Å²) in [6.07, 6.45) is 4.34. The molecule has 162 valence electrons. The second kappa shape index (κ2) is 10.4. The molecule has 2 aromatic carbocycles. The summed E-state index contributed by atoms with van der Waals surface area (Å²) in [5, 5.41) is 9.14. The van der Waals surface area contributed by atoms with E-state index >= 15 is 0 Å². The third-order valence-electron chi connectivity index (χ3n) is 4.52. The van der Waals surface area contributed by atoms with Gasteiger partial charge in [0.1, 0.15) is 5.75 Å². The van der Waals surface area contributed by atoms with Crippen molar-refractivity contribution < 1.29 is 23.1 Å². The van der Waals surface area contributed by atoms with Gasteiger partial charge >= 0.3 is 5.97 Å². The molecule has 0 aliphatic carbocycles. The maximum atomic E-state index is 12.9. The van der Waals surface area contributed by atoms with Gasteiger partial charge < -0.3 is 9.84 Å². The van der Waals surface area contributed by atoms with Crippen LogP contribution in [0.1, 0.15) is 23.6 Å². The normalized spacial score (nSPS) is 12.3. The number of nitrogens with zero attached hydrogens (tertiary/aromatic N) is 1. The summed E-state index contributed by atoms with van der Waals surface area (Å²) in [5.74, 6) is -0.588. The Hall–Kier alpha value is -2.94. The minimum Gasteiger partial charge on any atom is -0.482 e. The topological polar surface area (TPSA) is 106 Å². The molecular weight excluding hydrogens is 440 g/mol. The highest BCUT2D eigenvalue weighted by atomic mass is 35.5. The van der Waals surface area contributed by atoms with Gasteiger partial charge in [-0.15, -0.1) is 0 Å². The number of aryl methyl sites for hydroxylation is 1. The van der Waals surface area contributed by atoms with E-state index in [1.807, 2.05) is 18.2 Å². The molecule has 1 atom stereocenters. The summed E-state index contributed by atoms with van der Waals surface area (Å²) in [6.45, 7) is -0.408. The SMILES string of the molecule is O=C(O)COc1ccc(CCC(NS(=O)(=O)c2ccc(Cl)cc2)c2cccnc2)cc1. The molecule has 2 N–H and O–H groups in total. The number of sulfonamides is 1. The number of carboxylic acids is 1. The Morgan fingerprint density at radius 1 is 1.10 bits per heavy atom. The molecule has 0 saturated heterocycles. The zero-order valence-electron chi connectivity index (χ0n) is 16.4. The third kappa shape index (κ3) is 6.78. The lowest BCUT2D eigenvalue weighted by Gasteiger charge is -2.19. The molecule has 9 heteroatoms. The van der Waals surface area contributed by atoms with Crippen LogP contribution in [0.2, 0.25) is 5.02 Å². The molecule has 0 bridgehead atoms. The van der Waals surface area contributed by atoms with E-state index in [0.29, 0.717) is 23.6 Å². The van der Waals surface area contributed by atoms with E-state index < -0.39 is 28.6 Å². The second-order valence-corrected chi connectivity index (χ2v) is 8.93. The van der Waals surface area contributed by atoms with Gasteiger partial charge in [-0.3, -0.25) is 4.98 Å². The summed E-state index contributed by atoms with van der Waals surface area (Å²) >= 11 is 5.87. The molecular formula is C22H21ClN2O5S. The molecule has 0 saturated carbocycles. The lowest BCUT2D eigenvalue weighted by atomic mass is 10.0. The van der Waals surface area contributed by atoms with Gasteiger partial charge in [-0.2, -0.15) is 0 Å². The van der Waals surface area contributed by atoms with Gasteiger partial charge in [-0.1, -0.05) is 29.8 Å². The fourth-order valence-corrected chi connectivity index (χ4v) is 4.34. The molecule has 31 heavy (non-hydrogen) atoms. The predicted molar refractivity (Wildman–Crippen MR) is 117 cm³/mol. The first kappa shape index (κ1) is 22.7. The number of pyridine rings is 1. The highest BCUT2D eigenvalue weighted by Crippen LogP contribution is 2.23. The number of nitrogens with one attached hydrogen (secondary N) is 1. The molecule has 0 aliphatic heterocycles. The van der Waals surface area contributed by atoms with Gasteiger partial charge in [0.25, 0.3) is 0 Å². The number of carboxylic acid groups (broad SMARTS) is 1. The third-order valence-corrected chi connectivity index (χ3v) is 6.26. The van der Waals surface area contributed by atoms with Crippen LogP contribution in [0.4, 0.5) is 0 Å². The molecule has 0 aliphatic rings. The summed E-state index contributed by atoms with van der Waals surface area (Å²) in [6, 6.07) is 16.1. The summed E-state index contributed by atoms with van der Waals surface area (Å²) in [7, 11) is -3.76. The molecule has 3 rings (SSSR count). The number of hydrogen-bond acceptors (Lipinski definition) is 5. The molecule has 7 nitrogen and oxygen atoms in total. The lowest BCUT2D eigenvalue weighted by Crippen LogP contribution is -2.29. The van der Waals surface area contributed by atoms with Gasteiger partial charge in [0, 0.05) is 23.5 Å². The van der Waals surface area contributed by atoms with Gasteiger partial charge in [-0.05, 0) is 66.4 Å². The Morgan fingerprint density at radius 3 is 2.42 bits per heavy atom. The van der Waals surface area contributed by atoms with Gasteiger partial charge in [0.15, 0.2) is 6.61 Å². The van der Waals surface area contributed by atoms with Gasteiger partial charge in [0.2, 0.25) is 10.0 Å². The minimum atomic E-state index is -3.76. The van der Waals surface area contributed by atoms with Crippen LogP contribution in [0.3, 0.4) is 0 Å². The molecule has 3 aromatic rings. The molecule has 1 unspecified atom stereocenters. The summed E-state index contributed by atoms with van der Waals surface area (Å²) in [5.41, 5.74) is 1.71. The maximum absolute atomic E-state index is 12.9. The van der Waals surface area contributed by atoms with Crippen LogP contribution in [-0.2, 0) is 21.2 Å². The predicted octanol–water partition coefficient (Wildman–Crippen LogP) is 3.85. The number of aromatic nitrogens is 1. The number of hydrogen-bond donors (Lipinski definition) is 2. The number of halogens is 1. The van der Waals surface area contributed by atoms with Crippen molar-refractivity contribution in [1.29, 1.82) is 0 Å². The van der Waals surface area contributed by atoms with Crippen LogP contribution in [0.5, 0.6) is 5.75 Å². The first-order valence-corrected chi connectivity index (χ1v) is 11.3. The largest absolute Gasteiger partial charge is 0.482 e. The van der Waals surface area contributed by atoms with Crippen molar-refractivity contribution >= 4 is 27.6 Å². The Morgan fingerprint density at radius 2 is 1.81 bits per heavy atom. The van der Waals surface area contributed by atoms with E-state index in [9.17, 15) is 13.2 Å². The molecule has 0 fully saturated rings. The highest BCUT2D eigenvalue weighted by Gasteiger charge is 2.21. The first-order chi connectivity index (χ1) is 14.8. The molecule has 0 radical (unpaired) electrons. The number of benzene rings is 2. The van der Waals surface area contributed by atoms with E-state index in [0.717, 1.165) is 11.1 Å². The second-order valence-electron chi connectivity index (χ2n) is 6.78. The van der Waals surface area contributed by atoms with Crippen LogP contribution in [0.15, 0.2) is 78.0 Å². The van der Waals surface area contributed by atoms with Gasteiger partial charge in [0.05, 0.1) is 4.90 Å². The van der Waals surface area contributed by atoms with Crippen LogP contribution in [0, 0.1) is 0 Å². The maximum Gasteiger partial charge on any atom is 0.341 e. The zero-order valence-corrected chi connectivity index (χ0v) is 18.0. The van der Waals surface area contributed by atoms with Crippen LogP contribution < -0.4 is 9.46 Å². The Bertz CT molecular complexity index is 1100. The van der Waals surface area contributed by atoms with E-state index in [1.165, 1.54) is 24.3 Å².